The zero-order valence-electron chi connectivity index (χ0n) is 14.2. The molecule has 0 aliphatic rings. The van der Waals surface area contributed by atoms with E-state index in [0.717, 1.165) is 0 Å². The molecule has 0 aliphatic carbocycles. The van der Waals surface area contributed by atoms with Gasteiger partial charge >= 0.3 is 0 Å². The second kappa shape index (κ2) is 6.44. The second-order valence-corrected chi connectivity index (χ2v) is 6.38. The minimum Gasteiger partial charge on any atom is -0.353 e. The molecule has 2 aromatic rings. The fraction of sp³-hybridized carbons (Fsp3) is 0.562. The first-order valence-corrected chi connectivity index (χ1v) is 7.82. The summed E-state index contributed by atoms with van der Waals surface area (Å²) < 4.78 is 1.49. The lowest BCUT2D eigenvalue weighted by Crippen LogP contribution is -2.36. The van der Waals surface area contributed by atoms with E-state index in [1.54, 1.807) is 14.0 Å². The fourth-order valence-electron chi connectivity index (χ4n) is 2.57. The number of amides is 1. The van der Waals surface area contributed by atoms with Gasteiger partial charge < -0.3 is 10.3 Å². The van der Waals surface area contributed by atoms with Crippen molar-refractivity contribution in [1.82, 2.24) is 20.1 Å². The predicted molar refractivity (Wildman–Crippen MR) is 89.7 cm³/mol. The Kier molecular flexibility index (Phi) is 4.77. The Bertz CT molecular complexity index is 841. The maximum absolute atomic E-state index is 12.2. The van der Waals surface area contributed by atoms with Gasteiger partial charge in [-0.25, -0.2) is 0 Å². The highest BCUT2D eigenvalue weighted by atomic mass is 16.2. The minimum atomic E-state index is -0.255. The normalized spacial score (nSPS) is 12.8. The molecule has 2 aromatic heterocycles. The molecule has 7 heteroatoms. The Labute approximate surface area is 134 Å². The third kappa shape index (κ3) is 3.38. The summed E-state index contributed by atoms with van der Waals surface area (Å²) in [5.41, 5.74) is 1.10. The summed E-state index contributed by atoms with van der Waals surface area (Å²) in [6.07, 6.45) is 0.527. The third-order valence-electron chi connectivity index (χ3n) is 4.39. The van der Waals surface area contributed by atoms with E-state index in [9.17, 15) is 14.4 Å². The van der Waals surface area contributed by atoms with Crippen molar-refractivity contribution in [2.45, 2.75) is 46.6 Å². The van der Waals surface area contributed by atoms with Crippen LogP contribution in [-0.4, -0.2) is 26.7 Å². The van der Waals surface area contributed by atoms with Crippen molar-refractivity contribution in [2.75, 3.05) is 0 Å². The second-order valence-electron chi connectivity index (χ2n) is 6.38. The zero-order valence-corrected chi connectivity index (χ0v) is 14.2. The molecule has 0 fully saturated rings. The fourth-order valence-corrected chi connectivity index (χ4v) is 2.57. The molecule has 7 nitrogen and oxygen atoms in total. The van der Waals surface area contributed by atoms with Gasteiger partial charge in [0.15, 0.2) is 0 Å². The lowest BCUT2D eigenvalue weighted by molar-refractivity contribution is -0.121. The lowest BCUT2D eigenvalue weighted by atomic mass is 10.0. The Balaban J connectivity index is 2.24. The van der Waals surface area contributed by atoms with Crippen LogP contribution < -0.4 is 16.4 Å². The summed E-state index contributed by atoms with van der Waals surface area (Å²) in [7, 11) is 1.67. The summed E-state index contributed by atoms with van der Waals surface area (Å²) in [5, 5.41) is 6.01. The average Bonchev–Trinajstić information content (AvgIpc) is 2.73. The number of hydrogen-bond acceptors (Lipinski definition) is 3. The van der Waals surface area contributed by atoms with Crippen molar-refractivity contribution in [2.24, 2.45) is 13.0 Å². The number of carbonyl (C=O) groups excluding carboxylic acids is 1. The first kappa shape index (κ1) is 17.1. The number of fused-ring (bicyclic) bond motifs is 1. The van der Waals surface area contributed by atoms with Gasteiger partial charge in [-0.3, -0.25) is 24.2 Å². The zero-order chi connectivity index (χ0) is 17.3. The highest BCUT2D eigenvalue weighted by Gasteiger charge is 2.16. The van der Waals surface area contributed by atoms with Crippen LogP contribution in [0.5, 0.6) is 0 Å². The molecule has 0 bridgehead atoms. The number of rotatable bonds is 5. The smallest absolute Gasteiger partial charge is 0.273 e. The van der Waals surface area contributed by atoms with E-state index < -0.39 is 0 Å². The standard InChI is InChI=1S/C16H24N4O3/c1-8(2)10(4)17-12(21)7-6-11-9(3)13-14(18-15(11)22)20(5)19-16(13)23/h8,10H,6-7H2,1-5H3,(H,17,21)(H,18,22)(H,19,23). The molecule has 126 valence electrons. The summed E-state index contributed by atoms with van der Waals surface area (Å²) >= 11 is 0. The molecule has 3 N–H and O–H groups in total. The van der Waals surface area contributed by atoms with Crippen LogP contribution >= 0.6 is 0 Å². The van der Waals surface area contributed by atoms with E-state index in [1.807, 2.05) is 20.8 Å². The first-order chi connectivity index (χ1) is 10.7. The van der Waals surface area contributed by atoms with Crippen LogP contribution in [0.4, 0.5) is 0 Å². The van der Waals surface area contributed by atoms with Gasteiger partial charge in [-0.15, -0.1) is 0 Å². The molecule has 1 atom stereocenters. The average molecular weight is 320 g/mol. The molecule has 0 saturated heterocycles. The van der Waals surface area contributed by atoms with Gasteiger partial charge in [-0.2, -0.15) is 0 Å². The number of pyridine rings is 1. The van der Waals surface area contributed by atoms with Crippen molar-refractivity contribution in [3.63, 3.8) is 0 Å². The van der Waals surface area contributed by atoms with Gasteiger partial charge in [-0.05, 0) is 31.7 Å². The largest absolute Gasteiger partial charge is 0.353 e. The van der Waals surface area contributed by atoms with Gasteiger partial charge in [0.25, 0.3) is 11.1 Å². The molecule has 0 radical (unpaired) electrons. The third-order valence-corrected chi connectivity index (χ3v) is 4.39. The summed E-state index contributed by atoms with van der Waals surface area (Å²) in [4.78, 5) is 38.9. The number of hydrogen-bond donors (Lipinski definition) is 3. The van der Waals surface area contributed by atoms with Crippen LogP contribution in [0.1, 0.15) is 38.3 Å². The molecule has 0 aliphatic heterocycles. The molecule has 2 heterocycles. The highest BCUT2D eigenvalue weighted by molar-refractivity contribution is 5.80. The Hall–Kier alpha value is -2.31. The van der Waals surface area contributed by atoms with Crippen LogP contribution in [-0.2, 0) is 18.3 Å². The summed E-state index contributed by atoms with van der Waals surface area (Å²) in [6.45, 7) is 7.78. The van der Waals surface area contributed by atoms with E-state index in [4.69, 9.17) is 0 Å². The molecule has 1 unspecified atom stereocenters. The SMILES string of the molecule is Cc1c(CCC(=O)NC(C)C(C)C)c(=O)[nH]c2c1c(=O)[nH]n2C. The van der Waals surface area contributed by atoms with E-state index in [1.165, 1.54) is 4.68 Å². The first-order valence-electron chi connectivity index (χ1n) is 7.82. The number of aromatic nitrogens is 3. The number of nitrogens with zero attached hydrogens (tertiary/aromatic N) is 1. The molecule has 2 rings (SSSR count). The number of aromatic amines is 2. The summed E-state index contributed by atoms with van der Waals surface area (Å²) in [5.74, 6) is 0.260. The lowest BCUT2D eigenvalue weighted by Gasteiger charge is -2.17. The van der Waals surface area contributed by atoms with Crippen LogP contribution in [0.3, 0.4) is 0 Å². The summed E-state index contributed by atoms with van der Waals surface area (Å²) in [6, 6.07) is 0.0846. The number of aryl methyl sites for hydroxylation is 2. The van der Waals surface area contributed by atoms with Gasteiger partial charge in [0.1, 0.15) is 5.65 Å². The van der Waals surface area contributed by atoms with Crippen LogP contribution in [0.15, 0.2) is 9.59 Å². The van der Waals surface area contributed by atoms with E-state index >= 15 is 0 Å². The molecular weight excluding hydrogens is 296 g/mol. The molecule has 23 heavy (non-hydrogen) atoms. The van der Waals surface area contributed by atoms with Crippen molar-refractivity contribution < 1.29 is 4.79 Å². The van der Waals surface area contributed by atoms with Crippen molar-refractivity contribution >= 4 is 16.9 Å². The number of H-pyrrole nitrogens is 2. The quantitative estimate of drug-likeness (QED) is 0.765. The van der Waals surface area contributed by atoms with Gasteiger partial charge in [0.2, 0.25) is 5.91 Å². The number of nitrogens with one attached hydrogen (secondary N) is 3. The Morgan fingerprint density at radius 3 is 2.48 bits per heavy atom. The van der Waals surface area contributed by atoms with Gasteiger partial charge in [0, 0.05) is 25.1 Å². The minimum absolute atomic E-state index is 0.0846. The van der Waals surface area contributed by atoms with Crippen LogP contribution in [0.25, 0.3) is 11.0 Å². The Morgan fingerprint density at radius 1 is 1.22 bits per heavy atom. The Morgan fingerprint density at radius 2 is 1.87 bits per heavy atom. The van der Waals surface area contributed by atoms with Crippen LogP contribution in [0.2, 0.25) is 0 Å². The maximum atomic E-state index is 12.2. The highest BCUT2D eigenvalue weighted by Crippen LogP contribution is 2.14. The number of carbonyl (C=O) groups is 1. The molecule has 0 spiro atoms. The van der Waals surface area contributed by atoms with Gasteiger partial charge in [-0.1, -0.05) is 13.8 Å². The van der Waals surface area contributed by atoms with Crippen molar-refractivity contribution in [3.8, 4) is 0 Å². The molecule has 0 saturated carbocycles. The van der Waals surface area contributed by atoms with E-state index in [0.29, 0.717) is 34.5 Å². The van der Waals surface area contributed by atoms with E-state index in [2.05, 4.69) is 15.4 Å². The van der Waals surface area contributed by atoms with E-state index in [-0.39, 0.29) is 29.5 Å². The monoisotopic (exact) mass is 320 g/mol. The van der Waals surface area contributed by atoms with Crippen LogP contribution in [0, 0.1) is 12.8 Å². The molecule has 1 amide bonds. The van der Waals surface area contributed by atoms with Crippen molar-refractivity contribution in [3.05, 3.63) is 31.8 Å². The molecule has 0 aromatic carbocycles. The topological polar surface area (TPSA) is 99.8 Å². The molecular formula is C16H24N4O3. The van der Waals surface area contributed by atoms with Crippen molar-refractivity contribution in [1.29, 1.82) is 0 Å². The predicted octanol–water partition coefficient (Wildman–Crippen LogP) is 0.957. The maximum Gasteiger partial charge on any atom is 0.273 e. The van der Waals surface area contributed by atoms with Gasteiger partial charge in [0.05, 0.1) is 5.39 Å².